The van der Waals surface area contributed by atoms with Crippen LogP contribution in [0.2, 0.25) is 0 Å². The van der Waals surface area contributed by atoms with E-state index in [9.17, 15) is 0 Å². The van der Waals surface area contributed by atoms with E-state index in [1.807, 2.05) is 10.7 Å². The van der Waals surface area contributed by atoms with E-state index in [0.717, 1.165) is 18.7 Å². The van der Waals surface area contributed by atoms with Crippen molar-refractivity contribution in [3.05, 3.63) is 53.9 Å². The van der Waals surface area contributed by atoms with E-state index in [-0.39, 0.29) is 0 Å². The third kappa shape index (κ3) is 4.21. The third-order valence-corrected chi connectivity index (χ3v) is 3.21. The van der Waals surface area contributed by atoms with Gasteiger partial charge in [0.05, 0.1) is 5.69 Å². The summed E-state index contributed by atoms with van der Waals surface area (Å²) in [6.07, 6.45) is 3.02. The summed E-state index contributed by atoms with van der Waals surface area (Å²) in [5, 5.41) is 8.12. The molecule has 0 saturated carbocycles. The van der Waals surface area contributed by atoms with Gasteiger partial charge in [-0.2, -0.15) is 5.10 Å². The summed E-state index contributed by atoms with van der Waals surface area (Å²) in [6.45, 7) is 7.41. The van der Waals surface area contributed by atoms with Crippen LogP contribution in [0.1, 0.15) is 38.1 Å². The van der Waals surface area contributed by atoms with Crippen LogP contribution in [0.5, 0.6) is 0 Å². The number of nitrogens with one attached hydrogen (secondary N) is 1. The van der Waals surface area contributed by atoms with Crippen molar-refractivity contribution in [1.82, 2.24) is 15.1 Å². The highest BCUT2D eigenvalue weighted by Gasteiger charge is 2.07. The normalized spacial score (nSPS) is 12.8. The number of nitrogens with zero attached hydrogens (tertiary/aromatic N) is 2. The van der Waals surface area contributed by atoms with Crippen molar-refractivity contribution in [3.8, 4) is 0 Å². The summed E-state index contributed by atoms with van der Waals surface area (Å²) in [6, 6.07) is 13.5. The first kappa shape index (κ1) is 13.8. The highest BCUT2D eigenvalue weighted by atomic mass is 15.3. The zero-order valence-electron chi connectivity index (χ0n) is 12.0. The van der Waals surface area contributed by atoms with E-state index in [2.05, 4.69) is 67.7 Å². The maximum absolute atomic E-state index is 4.58. The van der Waals surface area contributed by atoms with E-state index in [1.165, 1.54) is 5.56 Å². The Morgan fingerprint density at radius 3 is 2.47 bits per heavy atom. The summed E-state index contributed by atoms with van der Waals surface area (Å²) in [4.78, 5) is 0. The molecule has 2 aromatic rings. The Morgan fingerprint density at radius 1 is 1.11 bits per heavy atom. The van der Waals surface area contributed by atoms with Gasteiger partial charge in [0.15, 0.2) is 0 Å². The predicted octanol–water partition coefficient (Wildman–Crippen LogP) is 3.18. The van der Waals surface area contributed by atoms with Gasteiger partial charge in [0, 0.05) is 31.2 Å². The van der Waals surface area contributed by atoms with E-state index in [1.54, 1.807) is 0 Å². The van der Waals surface area contributed by atoms with Crippen LogP contribution < -0.4 is 5.32 Å². The molecule has 0 aliphatic heterocycles. The molecular weight excluding hydrogens is 234 g/mol. The number of benzene rings is 1. The van der Waals surface area contributed by atoms with Crippen LogP contribution >= 0.6 is 0 Å². The number of rotatable bonds is 6. The van der Waals surface area contributed by atoms with E-state index in [0.29, 0.717) is 12.1 Å². The molecule has 0 aliphatic rings. The summed E-state index contributed by atoms with van der Waals surface area (Å²) < 4.78 is 2.01. The molecule has 0 fully saturated rings. The minimum absolute atomic E-state index is 0.427. The van der Waals surface area contributed by atoms with Crippen LogP contribution in [0.4, 0.5) is 0 Å². The SMILES string of the molecule is CC(C)n1ccc(C[C@@H](C)NCc2ccccc2)n1. The zero-order chi connectivity index (χ0) is 13.7. The molecule has 0 aliphatic carbocycles. The first-order valence-electron chi connectivity index (χ1n) is 6.96. The maximum atomic E-state index is 4.58. The topological polar surface area (TPSA) is 29.9 Å². The molecule has 3 heteroatoms. The lowest BCUT2D eigenvalue weighted by Crippen LogP contribution is -2.27. The molecule has 1 aromatic carbocycles. The molecule has 19 heavy (non-hydrogen) atoms. The standard InChI is InChI=1S/C16H23N3/c1-13(2)19-10-9-16(18-19)11-14(3)17-12-15-7-5-4-6-8-15/h4-10,13-14,17H,11-12H2,1-3H3/t14-/m1/s1. The second-order valence-electron chi connectivity index (χ2n) is 5.35. The lowest BCUT2D eigenvalue weighted by atomic mass is 10.1. The van der Waals surface area contributed by atoms with Gasteiger partial charge >= 0.3 is 0 Å². The first-order valence-corrected chi connectivity index (χ1v) is 6.96. The first-order chi connectivity index (χ1) is 9.15. The molecule has 1 heterocycles. The van der Waals surface area contributed by atoms with Gasteiger partial charge in [0.2, 0.25) is 0 Å². The lowest BCUT2D eigenvalue weighted by Gasteiger charge is -2.12. The molecule has 0 radical (unpaired) electrons. The summed E-state index contributed by atoms with van der Waals surface area (Å²) in [5.74, 6) is 0. The van der Waals surface area contributed by atoms with Gasteiger partial charge in [-0.15, -0.1) is 0 Å². The Hall–Kier alpha value is -1.61. The van der Waals surface area contributed by atoms with Crippen LogP contribution in [-0.2, 0) is 13.0 Å². The van der Waals surface area contributed by atoms with Gasteiger partial charge < -0.3 is 5.32 Å². The van der Waals surface area contributed by atoms with Crippen LogP contribution in [0.3, 0.4) is 0 Å². The maximum Gasteiger partial charge on any atom is 0.0640 e. The second kappa shape index (κ2) is 6.53. The van der Waals surface area contributed by atoms with Gasteiger partial charge in [-0.1, -0.05) is 30.3 Å². The minimum atomic E-state index is 0.427. The molecule has 1 atom stereocenters. The lowest BCUT2D eigenvalue weighted by molar-refractivity contribution is 0.506. The molecule has 3 nitrogen and oxygen atoms in total. The van der Waals surface area contributed by atoms with Gasteiger partial charge in [0.1, 0.15) is 0 Å². The summed E-state index contributed by atoms with van der Waals surface area (Å²) >= 11 is 0. The second-order valence-corrected chi connectivity index (χ2v) is 5.35. The highest BCUT2D eigenvalue weighted by Crippen LogP contribution is 2.07. The fraction of sp³-hybridized carbons (Fsp3) is 0.438. The van der Waals surface area contributed by atoms with E-state index >= 15 is 0 Å². The zero-order valence-corrected chi connectivity index (χ0v) is 12.0. The van der Waals surface area contributed by atoms with Crippen molar-refractivity contribution < 1.29 is 0 Å². The van der Waals surface area contributed by atoms with Crippen LogP contribution in [0, 0.1) is 0 Å². The Labute approximate surface area is 115 Å². The molecule has 102 valence electrons. The van der Waals surface area contributed by atoms with Crippen LogP contribution in [0.25, 0.3) is 0 Å². The molecular formula is C16H23N3. The molecule has 2 rings (SSSR count). The summed E-state index contributed by atoms with van der Waals surface area (Å²) in [7, 11) is 0. The van der Waals surface area contributed by atoms with Crippen LogP contribution in [-0.4, -0.2) is 15.8 Å². The molecule has 1 N–H and O–H groups in total. The van der Waals surface area contributed by atoms with Crippen molar-refractivity contribution in [2.45, 2.75) is 45.8 Å². The van der Waals surface area contributed by atoms with E-state index < -0.39 is 0 Å². The number of hydrogen-bond donors (Lipinski definition) is 1. The Morgan fingerprint density at radius 2 is 1.84 bits per heavy atom. The molecule has 0 amide bonds. The number of aromatic nitrogens is 2. The van der Waals surface area contributed by atoms with Crippen molar-refractivity contribution in [3.63, 3.8) is 0 Å². The van der Waals surface area contributed by atoms with Crippen LogP contribution in [0.15, 0.2) is 42.6 Å². The Balaban J connectivity index is 1.82. The fourth-order valence-corrected chi connectivity index (χ4v) is 2.05. The monoisotopic (exact) mass is 257 g/mol. The van der Waals surface area contributed by atoms with E-state index in [4.69, 9.17) is 0 Å². The van der Waals surface area contributed by atoms with Crippen molar-refractivity contribution in [2.24, 2.45) is 0 Å². The average molecular weight is 257 g/mol. The third-order valence-electron chi connectivity index (χ3n) is 3.21. The highest BCUT2D eigenvalue weighted by molar-refractivity contribution is 5.14. The number of hydrogen-bond acceptors (Lipinski definition) is 2. The van der Waals surface area contributed by atoms with Crippen molar-refractivity contribution in [1.29, 1.82) is 0 Å². The average Bonchev–Trinajstić information content (AvgIpc) is 2.86. The molecule has 0 spiro atoms. The Bertz CT molecular complexity index is 488. The van der Waals surface area contributed by atoms with Crippen molar-refractivity contribution >= 4 is 0 Å². The summed E-state index contributed by atoms with van der Waals surface area (Å²) in [5.41, 5.74) is 2.48. The van der Waals surface area contributed by atoms with Crippen molar-refractivity contribution in [2.75, 3.05) is 0 Å². The molecule has 0 saturated heterocycles. The Kier molecular flexibility index (Phi) is 4.74. The molecule has 0 unspecified atom stereocenters. The van der Waals surface area contributed by atoms with Gasteiger partial charge in [-0.25, -0.2) is 0 Å². The van der Waals surface area contributed by atoms with Gasteiger partial charge in [0.25, 0.3) is 0 Å². The largest absolute Gasteiger partial charge is 0.310 e. The van der Waals surface area contributed by atoms with Gasteiger partial charge in [-0.3, -0.25) is 4.68 Å². The quantitative estimate of drug-likeness (QED) is 0.861. The fourth-order valence-electron chi connectivity index (χ4n) is 2.05. The molecule has 1 aromatic heterocycles. The molecule has 0 bridgehead atoms. The smallest absolute Gasteiger partial charge is 0.0640 e. The predicted molar refractivity (Wildman–Crippen MR) is 79.1 cm³/mol. The van der Waals surface area contributed by atoms with Gasteiger partial charge in [-0.05, 0) is 32.4 Å². The minimum Gasteiger partial charge on any atom is -0.310 e.